The van der Waals surface area contributed by atoms with E-state index in [1.54, 1.807) is 19.9 Å². The number of carboxylic acid groups (broad SMARTS) is 2. The van der Waals surface area contributed by atoms with Crippen LogP contribution < -0.4 is 10.1 Å². The second kappa shape index (κ2) is 12.4. The van der Waals surface area contributed by atoms with Gasteiger partial charge in [-0.2, -0.15) is 13.2 Å². The molecule has 3 heterocycles. The van der Waals surface area contributed by atoms with Crippen LogP contribution in [0.4, 0.5) is 13.2 Å². The molecule has 0 bridgehead atoms. The molecule has 40 heavy (non-hydrogen) atoms. The molecule has 12 heteroatoms. The second-order valence-electron chi connectivity index (χ2n) is 10.0. The summed E-state index contributed by atoms with van der Waals surface area (Å²) in [5.41, 5.74) is 1.18. The second-order valence-corrected chi connectivity index (χ2v) is 11.1. The smallest absolute Gasteiger partial charge is 0.417 e. The van der Waals surface area contributed by atoms with Crippen molar-refractivity contribution in [2.45, 2.75) is 32.7 Å². The number of carboxylic acids is 2. The fraction of sp³-hybridized carbons (Fsp3) is 0.393. The molecule has 214 valence electrons. The number of nitrogens with zero attached hydrogens (tertiary/aromatic N) is 2. The molecular weight excluding hydrogens is 547 g/mol. The number of ether oxygens (including phenoxy) is 1. The zero-order valence-corrected chi connectivity index (χ0v) is 22.8. The van der Waals surface area contributed by atoms with Crippen LogP contribution in [0, 0.1) is 11.8 Å². The summed E-state index contributed by atoms with van der Waals surface area (Å²) < 4.78 is 46.6. The van der Waals surface area contributed by atoms with Crippen LogP contribution in [0.1, 0.15) is 25.0 Å². The van der Waals surface area contributed by atoms with E-state index in [1.165, 1.54) is 23.6 Å². The standard InChI is InChI=1S/C24H23F3N2O3S.C4H7NO2/c1-14(2)32-18-7-8-19(20(9-18)24(25,26)27)21-10-28-22(33-21)16-5-3-15(4-6-16)11-29-12-17(13-29)23(30)31;6-4(7)3-1-5-2-3/h3-10,14,17H,11-13H2,1-2H3,(H,30,31);3,5H,1-2H2,(H,6,7). The number of hydrogen-bond donors (Lipinski definition) is 3. The van der Waals surface area contributed by atoms with Crippen LogP contribution in [0.5, 0.6) is 5.75 Å². The van der Waals surface area contributed by atoms with Gasteiger partial charge in [-0.1, -0.05) is 24.3 Å². The lowest BCUT2D eigenvalue weighted by atomic mass is 9.99. The summed E-state index contributed by atoms with van der Waals surface area (Å²) >= 11 is 1.20. The predicted octanol–water partition coefficient (Wildman–Crippen LogP) is 5.09. The van der Waals surface area contributed by atoms with Gasteiger partial charge in [0.05, 0.1) is 28.4 Å². The minimum atomic E-state index is -4.52. The minimum Gasteiger partial charge on any atom is -0.491 e. The maximum Gasteiger partial charge on any atom is 0.417 e. The monoisotopic (exact) mass is 577 g/mol. The number of halogens is 3. The lowest BCUT2D eigenvalue weighted by molar-refractivity contribution is -0.148. The number of thiazole rings is 1. The third-order valence-electron chi connectivity index (χ3n) is 6.48. The van der Waals surface area contributed by atoms with Crippen molar-refractivity contribution in [2.75, 3.05) is 26.2 Å². The van der Waals surface area contributed by atoms with Gasteiger partial charge in [0, 0.05) is 50.0 Å². The molecule has 0 radical (unpaired) electrons. The fourth-order valence-corrected chi connectivity index (χ4v) is 5.14. The van der Waals surface area contributed by atoms with Crippen molar-refractivity contribution in [1.29, 1.82) is 0 Å². The molecule has 0 atom stereocenters. The Morgan fingerprint density at radius 3 is 2.23 bits per heavy atom. The lowest BCUT2D eigenvalue weighted by Gasteiger charge is -2.36. The van der Waals surface area contributed by atoms with Crippen molar-refractivity contribution >= 4 is 23.3 Å². The maximum atomic E-state index is 13.7. The van der Waals surface area contributed by atoms with Crippen LogP contribution >= 0.6 is 11.3 Å². The molecule has 2 aromatic carbocycles. The molecule has 2 aliphatic rings. The summed E-state index contributed by atoms with van der Waals surface area (Å²) in [6, 6.07) is 11.6. The number of alkyl halides is 3. The van der Waals surface area contributed by atoms with Crippen LogP contribution in [-0.2, 0) is 22.3 Å². The van der Waals surface area contributed by atoms with E-state index in [-0.39, 0.29) is 29.3 Å². The molecule has 8 nitrogen and oxygen atoms in total. The van der Waals surface area contributed by atoms with Crippen molar-refractivity contribution in [2.24, 2.45) is 11.8 Å². The molecule has 1 aromatic heterocycles. The lowest BCUT2D eigenvalue weighted by Crippen LogP contribution is -2.49. The van der Waals surface area contributed by atoms with E-state index in [0.29, 0.717) is 42.6 Å². The summed E-state index contributed by atoms with van der Waals surface area (Å²) in [5, 5.41) is 20.7. The van der Waals surface area contributed by atoms with E-state index in [2.05, 4.69) is 15.2 Å². The number of aliphatic carboxylic acids is 2. The number of aromatic nitrogens is 1. The highest BCUT2D eigenvalue weighted by Crippen LogP contribution is 2.42. The Balaban J connectivity index is 0.000000461. The maximum absolute atomic E-state index is 13.7. The highest BCUT2D eigenvalue weighted by atomic mass is 32.1. The van der Waals surface area contributed by atoms with Gasteiger partial charge in [0.25, 0.3) is 0 Å². The van der Waals surface area contributed by atoms with Gasteiger partial charge in [-0.3, -0.25) is 14.5 Å². The first-order valence-electron chi connectivity index (χ1n) is 12.7. The highest BCUT2D eigenvalue weighted by molar-refractivity contribution is 7.18. The number of carbonyl (C=O) groups is 2. The zero-order chi connectivity index (χ0) is 29.0. The van der Waals surface area contributed by atoms with Gasteiger partial charge in [0.15, 0.2) is 0 Å². The number of hydrogen-bond acceptors (Lipinski definition) is 7. The minimum absolute atomic E-state index is 0.0738. The van der Waals surface area contributed by atoms with Crippen molar-refractivity contribution in [3.8, 4) is 26.8 Å². The number of rotatable bonds is 8. The third kappa shape index (κ3) is 7.38. The molecule has 2 fully saturated rings. The van der Waals surface area contributed by atoms with Crippen LogP contribution in [-0.4, -0.2) is 64.3 Å². The van der Waals surface area contributed by atoms with E-state index >= 15 is 0 Å². The van der Waals surface area contributed by atoms with Crippen molar-refractivity contribution in [3.05, 3.63) is 59.8 Å². The number of nitrogens with one attached hydrogen (secondary N) is 1. The first kappa shape index (κ1) is 29.5. The van der Waals surface area contributed by atoms with Crippen LogP contribution in [0.25, 0.3) is 21.0 Å². The number of likely N-dealkylation sites (tertiary alicyclic amines) is 1. The molecule has 2 saturated heterocycles. The zero-order valence-electron chi connectivity index (χ0n) is 21.9. The van der Waals surface area contributed by atoms with Crippen molar-refractivity contribution in [1.82, 2.24) is 15.2 Å². The molecule has 5 rings (SSSR count). The van der Waals surface area contributed by atoms with E-state index in [9.17, 15) is 22.8 Å². The van der Waals surface area contributed by atoms with Gasteiger partial charge >= 0.3 is 18.1 Å². The van der Waals surface area contributed by atoms with Gasteiger partial charge in [-0.25, -0.2) is 4.98 Å². The third-order valence-corrected chi connectivity index (χ3v) is 7.56. The topological polar surface area (TPSA) is 112 Å². The molecule has 3 aromatic rings. The Morgan fingerprint density at radius 1 is 1.07 bits per heavy atom. The highest BCUT2D eigenvalue weighted by Gasteiger charge is 2.35. The van der Waals surface area contributed by atoms with Gasteiger partial charge < -0.3 is 20.3 Å². The number of benzene rings is 2. The quantitative estimate of drug-likeness (QED) is 0.340. The van der Waals surface area contributed by atoms with E-state index in [0.717, 1.165) is 17.2 Å². The molecule has 0 spiro atoms. The van der Waals surface area contributed by atoms with E-state index in [4.69, 9.17) is 14.9 Å². The Morgan fingerprint density at radius 2 is 1.73 bits per heavy atom. The fourth-order valence-electron chi connectivity index (χ4n) is 4.18. The normalized spacial score (nSPS) is 16.1. The van der Waals surface area contributed by atoms with Crippen molar-refractivity contribution < 1.29 is 37.7 Å². The molecule has 0 aliphatic carbocycles. The van der Waals surface area contributed by atoms with Gasteiger partial charge in [-0.15, -0.1) is 11.3 Å². The predicted molar refractivity (Wildman–Crippen MR) is 144 cm³/mol. The van der Waals surface area contributed by atoms with Crippen LogP contribution in [0.3, 0.4) is 0 Å². The van der Waals surface area contributed by atoms with Gasteiger partial charge in [0.1, 0.15) is 10.8 Å². The molecule has 0 unspecified atom stereocenters. The van der Waals surface area contributed by atoms with Gasteiger partial charge in [0.2, 0.25) is 0 Å². The van der Waals surface area contributed by atoms with Gasteiger partial charge in [-0.05, 0) is 37.6 Å². The molecular formula is C28H30F3N3O5S. The Labute approximate surface area is 233 Å². The van der Waals surface area contributed by atoms with Crippen LogP contribution in [0.15, 0.2) is 48.7 Å². The summed E-state index contributed by atoms with van der Waals surface area (Å²) in [4.78, 5) is 27.7. The Hall–Kier alpha value is -3.48. The molecule has 0 saturated carbocycles. The average molecular weight is 578 g/mol. The summed E-state index contributed by atoms with van der Waals surface area (Å²) in [6.45, 7) is 6.55. The van der Waals surface area contributed by atoms with E-state index in [1.807, 2.05) is 24.3 Å². The average Bonchev–Trinajstić information content (AvgIpc) is 3.29. The summed E-state index contributed by atoms with van der Waals surface area (Å²) in [5.74, 6) is -1.68. The van der Waals surface area contributed by atoms with Crippen molar-refractivity contribution in [3.63, 3.8) is 0 Å². The largest absolute Gasteiger partial charge is 0.491 e. The summed E-state index contributed by atoms with van der Waals surface area (Å²) in [6.07, 6.45) is -3.28. The first-order valence-corrected chi connectivity index (χ1v) is 13.5. The molecule has 0 amide bonds. The Bertz CT molecular complexity index is 1330. The van der Waals surface area contributed by atoms with Crippen LogP contribution in [0.2, 0.25) is 0 Å². The Kier molecular flexibility index (Phi) is 9.12. The molecule has 3 N–H and O–H groups in total. The SMILES string of the molecule is CC(C)Oc1ccc(-c2cnc(-c3ccc(CN4CC(C(=O)O)C4)cc3)s2)c(C(F)(F)F)c1.O=C(O)C1CNC1. The van der Waals surface area contributed by atoms with E-state index < -0.39 is 23.7 Å². The summed E-state index contributed by atoms with van der Waals surface area (Å²) in [7, 11) is 0. The first-order chi connectivity index (χ1) is 18.9. The molecule has 2 aliphatic heterocycles.